The molecule has 0 saturated carbocycles. The molecule has 2 nitrogen and oxygen atoms in total. The highest BCUT2D eigenvalue weighted by Gasteiger charge is 2.33. The van der Waals surface area contributed by atoms with Gasteiger partial charge in [0.25, 0.3) is 0 Å². The predicted octanol–water partition coefficient (Wildman–Crippen LogP) is 5.27. The standard InChI is InChI=1S/C17H24BrF3N2.ClH/c1-3-4-12(2)16(23-7-5-22-6-8-23)13-9-14(17(19,20)21)11-15(18)10-13;/h9-12,16,22H,3-8H2,1-2H3;1H/t12?,16-;/m1./s1. The lowest BCUT2D eigenvalue weighted by Gasteiger charge is -2.39. The lowest BCUT2D eigenvalue weighted by molar-refractivity contribution is -0.137. The summed E-state index contributed by atoms with van der Waals surface area (Å²) in [6, 6.07) is 4.34. The van der Waals surface area contributed by atoms with Gasteiger partial charge in [-0.3, -0.25) is 4.90 Å². The van der Waals surface area contributed by atoms with E-state index in [2.05, 4.69) is 40.0 Å². The molecular weight excluding hydrogens is 405 g/mol. The number of piperazine rings is 1. The maximum absolute atomic E-state index is 13.2. The van der Waals surface area contributed by atoms with Crippen LogP contribution in [-0.4, -0.2) is 31.1 Å². The summed E-state index contributed by atoms with van der Waals surface area (Å²) in [5.41, 5.74) is 0.181. The van der Waals surface area contributed by atoms with Crippen LogP contribution in [0, 0.1) is 5.92 Å². The first kappa shape index (κ1) is 21.7. The van der Waals surface area contributed by atoms with Crippen molar-refractivity contribution in [1.29, 1.82) is 0 Å². The largest absolute Gasteiger partial charge is 0.416 e. The Hall–Kier alpha value is -0.300. The summed E-state index contributed by atoms with van der Waals surface area (Å²) in [5, 5.41) is 3.31. The topological polar surface area (TPSA) is 15.3 Å². The van der Waals surface area contributed by atoms with Gasteiger partial charge in [-0.25, -0.2) is 0 Å². The van der Waals surface area contributed by atoms with Crippen LogP contribution in [-0.2, 0) is 6.18 Å². The Bertz CT molecular complexity index is 519. The summed E-state index contributed by atoms with van der Waals surface area (Å²) in [7, 11) is 0. The zero-order valence-corrected chi connectivity index (χ0v) is 16.4. The zero-order valence-electron chi connectivity index (χ0n) is 14.0. The van der Waals surface area contributed by atoms with Crippen LogP contribution in [0.1, 0.15) is 43.9 Å². The van der Waals surface area contributed by atoms with E-state index in [4.69, 9.17) is 0 Å². The van der Waals surface area contributed by atoms with E-state index < -0.39 is 11.7 Å². The van der Waals surface area contributed by atoms with Gasteiger partial charge in [0.15, 0.2) is 0 Å². The molecule has 0 radical (unpaired) electrons. The van der Waals surface area contributed by atoms with E-state index in [0.717, 1.165) is 50.7 Å². The Balaban J connectivity index is 0.00000288. The van der Waals surface area contributed by atoms with E-state index in [1.165, 1.54) is 6.07 Å². The summed E-state index contributed by atoms with van der Waals surface area (Å²) >= 11 is 3.26. The molecule has 1 aromatic carbocycles. The third-order valence-electron chi connectivity index (χ3n) is 4.42. The maximum Gasteiger partial charge on any atom is 0.416 e. The number of nitrogens with one attached hydrogen (secondary N) is 1. The van der Waals surface area contributed by atoms with E-state index in [1.807, 2.05) is 6.07 Å². The fourth-order valence-electron chi connectivity index (χ4n) is 3.42. The fourth-order valence-corrected chi connectivity index (χ4v) is 3.93. The average Bonchev–Trinajstić information content (AvgIpc) is 2.47. The molecule has 1 heterocycles. The molecule has 1 fully saturated rings. The quantitative estimate of drug-likeness (QED) is 0.686. The van der Waals surface area contributed by atoms with Crippen molar-refractivity contribution in [1.82, 2.24) is 10.2 Å². The number of rotatable bonds is 5. The number of alkyl halides is 3. The van der Waals surface area contributed by atoms with Crippen molar-refractivity contribution < 1.29 is 13.2 Å². The SMILES string of the molecule is CCCC(C)[C@H](c1cc(Br)cc(C(F)(F)F)c1)N1CCNCC1.Cl. The van der Waals surface area contributed by atoms with Gasteiger partial charge < -0.3 is 5.32 Å². The Morgan fingerprint density at radius 3 is 2.38 bits per heavy atom. The Morgan fingerprint density at radius 1 is 1.21 bits per heavy atom. The molecular formula is C17H25BrClF3N2. The van der Waals surface area contributed by atoms with Crippen LogP contribution in [0.4, 0.5) is 13.2 Å². The summed E-state index contributed by atoms with van der Waals surface area (Å²) < 4.78 is 40.0. The Kier molecular flexibility index (Phi) is 8.53. The molecule has 0 spiro atoms. The zero-order chi connectivity index (χ0) is 17.0. The first-order chi connectivity index (χ1) is 10.8. The minimum absolute atomic E-state index is 0. The van der Waals surface area contributed by atoms with Gasteiger partial charge >= 0.3 is 6.18 Å². The third kappa shape index (κ3) is 5.61. The van der Waals surface area contributed by atoms with E-state index in [0.29, 0.717) is 10.4 Å². The maximum atomic E-state index is 13.2. The first-order valence-electron chi connectivity index (χ1n) is 8.15. The predicted molar refractivity (Wildman–Crippen MR) is 97.6 cm³/mol. The van der Waals surface area contributed by atoms with Crippen molar-refractivity contribution in [3.8, 4) is 0 Å². The van der Waals surface area contributed by atoms with Gasteiger partial charge in [-0.15, -0.1) is 12.4 Å². The molecule has 1 N–H and O–H groups in total. The lowest BCUT2D eigenvalue weighted by atomic mass is 9.88. The molecule has 2 atom stereocenters. The van der Waals surface area contributed by atoms with E-state index in [9.17, 15) is 13.2 Å². The highest BCUT2D eigenvalue weighted by Crippen LogP contribution is 2.38. The van der Waals surface area contributed by atoms with Crippen LogP contribution in [0.25, 0.3) is 0 Å². The van der Waals surface area contributed by atoms with Crippen molar-refractivity contribution in [3.05, 3.63) is 33.8 Å². The van der Waals surface area contributed by atoms with Crippen molar-refractivity contribution in [2.24, 2.45) is 5.92 Å². The summed E-state index contributed by atoms with van der Waals surface area (Å²) in [6.45, 7) is 7.77. The van der Waals surface area contributed by atoms with Crippen LogP contribution in [0.3, 0.4) is 0 Å². The van der Waals surface area contributed by atoms with Gasteiger partial charge in [-0.2, -0.15) is 13.2 Å². The molecule has 0 amide bonds. The number of halogens is 5. The molecule has 1 aliphatic rings. The van der Waals surface area contributed by atoms with E-state index in [1.54, 1.807) is 0 Å². The monoisotopic (exact) mass is 428 g/mol. The molecule has 7 heteroatoms. The average molecular weight is 430 g/mol. The molecule has 0 aliphatic carbocycles. The second-order valence-electron chi connectivity index (χ2n) is 6.27. The van der Waals surface area contributed by atoms with Crippen molar-refractivity contribution in [2.45, 2.75) is 38.9 Å². The van der Waals surface area contributed by atoms with Crippen LogP contribution in [0.5, 0.6) is 0 Å². The number of benzene rings is 1. The van der Waals surface area contributed by atoms with Gasteiger partial charge in [0, 0.05) is 36.7 Å². The third-order valence-corrected chi connectivity index (χ3v) is 4.87. The van der Waals surface area contributed by atoms with Crippen LogP contribution in [0.2, 0.25) is 0 Å². The number of nitrogens with zero attached hydrogens (tertiary/aromatic N) is 1. The molecule has 2 rings (SSSR count). The van der Waals surface area contributed by atoms with Crippen molar-refractivity contribution >= 4 is 28.3 Å². The number of hydrogen-bond donors (Lipinski definition) is 1. The van der Waals surface area contributed by atoms with Crippen molar-refractivity contribution in [2.75, 3.05) is 26.2 Å². The Labute approximate surface area is 156 Å². The molecule has 1 aromatic rings. The van der Waals surface area contributed by atoms with Crippen molar-refractivity contribution in [3.63, 3.8) is 0 Å². The van der Waals surface area contributed by atoms with Gasteiger partial charge in [0.1, 0.15) is 0 Å². The fraction of sp³-hybridized carbons (Fsp3) is 0.647. The normalized spacial score (nSPS) is 18.8. The van der Waals surface area contributed by atoms with Crippen LogP contribution >= 0.6 is 28.3 Å². The molecule has 0 bridgehead atoms. The van der Waals surface area contributed by atoms with Gasteiger partial charge in [0.2, 0.25) is 0 Å². The van der Waals surface area contributed by atoms with Gasteiger partial charge in [0.05, 0.1) is 5.56 Å². The summed E-state index contributed by atoms with van der Waals surface area (Å²) in [4.78, 5) is 2.32. The first-order valence-corrected chi connectivity index (χ1v) is 8.94. The lowest BCUT2D eigenvalue weighted by Crippen LogP contribution is -2.46. The van der Waals surface area contributed by atoms with E-state index in [-0.39, 0.29) is 18.4 Å². The number of hydrogen-bond acceptors (Lipinski definition) is 2. The molecule has 1 aliphatic heterocycles. The smallest absolute Gasteiger partial charge is 0.314 e. The second-order valence-corrected chi connectivity index (χ2v) is 7.18. The minimum Gasteiger partial charge on any atom is -0.314 e. The Morgan fingerprint density at radius 2 is 1.83 bits per heavy atom. The molecule has 1 unspecified atom stereocenters. The van der Waals surface area contributed by atoms with Gasteiger partial charge in [-0.1, -0.05) is 36.2 Å². The van der Waals surface area contributed by atoms with E-state index >= 15 is 0 Å². The summed E-state index contributed by atoms with van der Waals surface area (Å²) in [6.07, 6.45) is -2.28. The second kappa shape index (κ2) is 9.41. The molecule has 24 heavy (non-hydrogen) atoms. The van der Waals surface area contributed by atoms with Crippen LogP contribution < -0.4 is 5.32 Å². The molecule has 138 valence electrons. The highest BCUT2D eigenvalue weighted by atomic mass is 79.9. The molecule has 0 aromatic heterocycles. The minimum atomic E-state index is -4.32. The highest BCUT2D eigenvalue weighted by molar-refractivity contribution is 9.10. The van der Waals surface area contributed by atoms with Gasteiger partial charge in [-0.05, 0) is 36.1 Å². The molecule has 1 saturated heterocycles. The van der Waals surface area contributed by atoms with Crippen LogP contribution in [0.15, 0.2) is 22.7 Å². The summed E-state index contributed by atoms with van der Waals surface area (Å²) in [5.74, 6) is 0.313.